The van der Waals surface area contributed by atoms with Crippen LogP contribution in [0.3, 0.4) is 0 Å². The number of nitrogens with zero attached hydrogens (tertiary/aromatic N) is 2. The Balaban J connectivity index is 1.95. The van der Waals surface area contributed by atoms with Crippen LogP contribution >= 0.6 is 11.3 Å². The van der Waals surface area contributed by atoms with E-state index in [2.05, 4.69) is 18.8 Å². The summed E-state index contributed by atoms with van der Waals surface area (Å²) >= 11 is 1.33. The lowest BCUT2D eigenvalue weighted by Gasteiger charge is -2.24. The van der Waals surface area contributed by atoms with Crippen molar-refractivity contribution in [2.45, 2.75) is 32.7 Å². The van der Waals surface area contributed by atoms with E-state index in [4.69, 9.17) is 4.74 Å². The standard InChI is InChI=1S/C25H24N2O3S/c1-15(2)18-10-12-19(13-11-18)22-21(24(29)30-4)16(3)26-25-27(22)23(28)20(31-25)14-17-8-6-5-7-9-17/h5-15,22H,1-4H3/b20-14-/t22-/m0/s1. The third-order valence-corrected chi connectivity index (χ3v) is 6.43. The normalized spacial score (nSPS) is 16.3. The number of allylic oxidation sites excluding steroid dienone is 1. The number of esters is 1. The molecular weight excluding hydrogens is 408 g/mol. The van der Waals surface area contributed by atoms with E-state index in [1.807, 2.05) is 60.7 Å². The van der Waals surface area contributed by atoms with Gasteiger partial charge in [-0.1, -0.05) is 79.8 Å². The second-order valence-electron chi connectivity index (χ2n) is 7.81. The quantitative estimate of drug-likeness (QED) is 0.593. The number of fused-ring (bicyclic) bond motifs is 1. The Morgan fingerprint density at radius 1 is 1.13 bits per heavy atom. The molecule has 0 aliphatic carbocycles. The van der Waals surface area contributed by atoms with E-state index in [9.17, 15) is 9.59 Å². The highest BCUT2D eigenvalue weighted by Crippen LogP contribution is 2.31. The van der Waals surface area contributed by atoms with E-state index >= 15 is 0 Å². The third-order valence-electron chi connectivity index (χ3n) is 5.44. The molecule has 0 amide bonds. The van der Waals surface area contributed by atoms with Gasteiger partial charge in [0, 0.05) is 0 Å². The summed E-state index contributed by atoms with van der Waals surface area (Å²) in [6.07, 6.45) is 1.86. The maximum atomic E-state index is 13.4. The van der Waals surface area contributed by atoms with E-state index < -0.39 is 12.0 Å². The average molecular weight is 433 g/mol. The molecule has 2 heterocycles. The van der Waals surface area contributed by atoms with Gasteiger partial charge in [0.1, 0.15) is 0 Å². The fraction of sp³-hybridized carbons (Fsp3) is 0.240. The van der Waals surface area contributed by atoms with Crippen molar-refractivity contribution in [3.05, 3.63) is 102 Å². The number of hydrogen-bond donors (Lipinski definition) is 0. The molecule has 1 aliphatic heterocycles. The predicted octanol–water partition coefficient (Wildman–Crippen LogP) is 3.53. The molecule has 0 unspecified atom stereocenters. The molecule has 0 saturated heterocycles. The van der Waals surface area contributed by atoms with Crippen LogP contribution in [0.25, 0.3) is 6.08 Å². The molecule has 158 valence electrons. The van der Waals surface area contributed by atoms with Crippen molar-refractivity contribution in [1.82, 2.24) is 4.57 Å². The Hall–Kier alpha value is -3.25. The number of aromatic nitrogens is 1. The number of carbonyl (C=O) groups is 1. The van der Waals surface area contributed by atoms with Crippen molar-refractivity contribution in [3.8, 4) is 0 Å². The number of carbonyl (C=O) groups excluding carboxylic acids is 1. The van der Waals surface area contributed by atoms with E-state index in [-0.39, 0.29) is 5.56 Å². The molecule has 31 heavy (non-hydrogen) atoms. The smallest absolute Gasteiger partial charge is 0.338 e. The second-order valence-corrected chi connectivity index (χ2v) is 8.81. The monoisotopic (exact) mass is 432 g/mol. The van der Waals surface area contributed by atoms with Crippen LogP contribution in [-0.2, 0) is 9.53 Å². The summed E-state index contributed by atoms with van der Waals surface area (Å²) in [7, 11) is 1.35. The van der Waals surface area contributed by atoms with Crippen molar-refractivity contribution in [2.24, 2.45) is 4.99 Å². The molecule has 1 atom stereocenters. The fourth-order valence-corrected chi connectivity index (χ4v) is 4.82. The zero-order valence-electron chi connectivity index (χ0n) is 18.0. The van der Waals surface area contributed by atoms with Gasteiger partial charge in [-0.05, 0) is 35.6 Å². The van der Waals surface area contributed by atoms with Crippen LogP contribution < -0.4 is 14.9 Å². The second kappa shape index (κ2) is 8.47. The summed E-state index contributed by atoms with van der Waals surface area (Å²) < 4.78 is 7.25. The molecular formula is C25H24N2O3S. The van der Waals surface area contributed by atoms with Gasteiger partial charge in [0.05, 0.1) is 29.0 Å². The predicted molar refractivity (Wildman–Crippen MR) is 123 cm³/mol. The molecule has 0 spiro atoms. The minimum atomic E-state index is -0.581. The minimum absolute atomic E-state index is 0.167. The molecule has 3 aromatic rings. The Morgan fingerprint density at radius 3 is 2.42 bits per heavy atom. The first kappa shape index (κ1) is 21.0. The SMILES string of the molecule is COC(=O)C1=C(C)N=c2s/c(=C\c3ccccc3)c(=O)n2[C@H]1c1ccc(C(C)C)cc1. The summed E-state index contributed by atoms with van der Waals surface area (Å²) in [4.78, 5) is 31.3. The minimum Gasteiger partial charge on any atom is -0.466 e. The average Bonchev–Trinajstić information content (AvgIpc) is 3.07. The van der Waals surface area contributed by atoms with E-state index in [0.717, 1.165) is 11.1 Å². The van der Waals surface area contributed by atoms with Crippen LogP contribution in [0.15, 0.2) is 75.7 Å². The van der Waals surface area contributed by atoms with Crippen molar-refractivity contribution in [1.29, 1.82) is 0 Å². The topological polar surface area (TPSA) is 60.7 Å². The van der Waals surface area contributed by atoms with Gasteiger partial charge in [0.2, 0.25) is 0 Å². The summed E-state index contributed by atoms with van der Waals surface area (Å²) in [5, 5.41) is 0. The van der Waals surface area contributed by atoms with Crippen LogP contribution in [0.5, 0.6) is 0 Å². The van der Waals surface area contributed by atoms with Crippen LogP contribution in [-0.4, -0.2) is 17.6 Å². The number of hydrogen-bond acceptors (Lipinski definition) is 5. The number of rotatable bonds is 4. The molecule has 2 aromatic carbocycles. The number of methoxy groups -OCH3 is 1. The number of ether oxygens (including phenoxy) is 1. The first-order chi connectivity index (χ1) is 14.9. The first-order valence-corrected chi connectivity index (χ1v) is 11.0. The Labute approximate surface area is 184 Å². The summed E-state index contributed by atoms with van der Waals surface area (Å²) in [5.41, 5.74) is 3.77. The van der Waals surface area contributed by atoms with Gasteiger partial charge >= 0.3 is 5.97 Å². The van der Waals surface area contributed by atoms with Gasteiger partial charge in [-0.25, -0.2) is 9.79 Å². The van der Waals surface area contributed by atoms with Crippen molar-refractivity contribution >= 4 is 23.4 Å². The highest BCUT2D eigenvalue weighted by Gasteiger charge is 2.33. The van der Waals surface area contributed by atoms with Gasteiger partial charge < -0.3 is 4.74 Å². The van der Waals surface area contributed by atoms with E-state index in [0.29, 0.717) is 26.5 Å². The Morgan fingerprint density at radius 2 is 1.81 bits per heavy atom. The summed E-state index contributed by atoms with van der Waals surface area (Å²) in [5.74, 6) is -0.0872. The molecule has 5 nitrogen and oxygen atoms in total. The van der Waals surface area contributed by atoms with Gasteiger partial charge in [-0.3, -0.25) is 9.36 Å². The van der Waals surface area contributed by atoms with Gasteiger partial charge in [-0.2, -0.15) is 0 Å². The molecule has 0 saturated carbocycles. The Bertz CT molecular complexity index is 1330. The van der Waals surface area contributed by atoms with Crippen molar-refractivity contribution < 1.29 is 9.53 Å². The summed E-state index contributed by atoms with van der Waals surface area (Å²) in [6, 6.07) is 17.2. The van der Waals surface area contributed by atoms with Crippen LogP contribution in [0.2, 0.25) is 0 Å². The molecule has 4 rings (SSSR count). The third kappa shape index (κ3) is 3.91. The summed E-state index contributed by atoms with van der Waals surface area (Å²) in [6.45, 7) is 6.05. The highest BCUT2D eigenvalue weighted by molar-refractivity contribution is 7.07. The lowest BCUT2D eigenvalue weighted by molar-refractivity contribution is -0.136. The van der Waals surface area contributed by atoms with E-state index in [1.165, 1.54) is 24.0 Å². The molecule has 1 aromatic heterocycles. The van der Waals surface area contributed by atoms with Gasteiger partial charge in [-0.15, -0.1) is 0 Å². The Kier molecular flexibility index (Phi) is 5.74. The first-order valence-electron chi connectivity index (χ1n) is 10.2. The zero-order chi connectivity index (χ0) is 22.1. The number of thiazole rings is 1. The van der Waals surface area contributed by atoms with Crippen molar-refractivity contribution in [3.63, 3.8) is 0 Å². The molecule has 6 heteroatoms. The molecule has 0 fully saturated rings. The molecule has 0 bridgehead atoms. The molecule has 0 N–H and O–H groups in total. The lowest BCUT2D eigenvalue weighted by Crippen LogP contribution is -2.39. The maximum absolute atomic E-state index is 13.4. The van der Waals surface area contributed by atoms with Crippen molar-refractivity contribution in [2.75, 3.05) is 7.11 Å². The highest BCUT2D eigenvalue weighted by atomic mass is 32.1. The van der Waals surface area contributed by atoms with Crippen LogP contribution in [0.4, 0.5) is 0 Å². The largest absolute Gasteiger partial charge is 0.466 e. The maximum Gasteiger partial charge on any atom is 0.338 e. The molecule has 0 radical (unpaired) electrons. The van der Waals surface area contributed by atoms with Gasteiger partial charge in [0.25, 0.3) is 5.56 Å². The van der Waals surface area contributed by atoms with E-state index in [1.54, 1.807) is 11.5 Å². The molecule has 1 aliphatic rings. The lowest BCUT2D eigenvalue weighted by atomic mass is 9.93. The zero-order valence-corrected chi connectivity index (χ0v) is 18.8. The van der Waals surface area contributed by atoms with Crippen LogP contribution in [0.1, 0.15) is 49.4 Å². The van der Waals surface area contributed by atoms with Crippen LogP contribution in [0, 0.1) is 0 Å². The number of benzene rings is 2. The fourth-order valence-electron chi connectivity index (χ4n) is 3.77. The van der Waals surface area contributed by atoms with Gasteiger partial charge in [0.15, 0.2) is 4.80 Å².